The summed E-state index contributed by atoms with van der Waals surface area (Å²) in [6.07, 6.45) is 3.39. The Bertz CT molecular complexity index is 1250. The van der Waals surface area contributed by atoms with E-state index < -0.39 is 9.73 Å². The van der Waals surface area contributed by atoms with Gasteiger partial charge in [0, 0.05) is 24.2 Å². The second kappa shape index (κ2) is 6.77. The van der Waals surface area contributed by atoms with Crippen LogP contribution in [0.2, 0.25) is 0 Å². The number of nitrogens with zero attached hydrogens (tertiary/aromatic N) is 4. The van der Waals surface area contributed by atoms with E-state index in [2.05, 4.69) is 19.3 Å². The van der Waals surface area contributed by atoms with Crippen LogP contribution >= 0.6 is 0 Å². The first-order valence-corrected chi connectivity index (χ1v) is 10.5. The Kier molecular flexibility index (Phi) is 4.40. The number of aromatic nitrogens is 3. The number of hydrogen-bond donors (Lipinski definition) is 1. The lowest BCUT2D eigenvalue weighted by molar-refractivity contribution is 0.674. The quantitative estimate of drug-likeness (QED) is 0.686. The van der Waals surface area contributed by atoms with Crippen molar-refractivity contribution in [1.29, 1.82) is 0 Å². The Morgan fingerprint density at radius 2 is 1.96 bits per heavy atom. The van der Waals surface area contributed by atoms with Crippen molar-refractivity contribution >= 4 is 15.4 Å². The zero-order valence-electron chi connectivity index (χ0n) is 15.5. The SMILES string of the molecule is [C-]#[N+]c1ccc(-c2c(C)[nH]n(-c3ccc([S@](=O)(=NC)C4CC4)cn3)c2=O)cc1. The third-order valence-electron chi connectivity index (χ3n) is 4.89. The Balaban J connectivity index is 1.74. The van der Waals surface area contributed by atoms with Gasteiger partial charge >= 0.3 is 0 Å². The van der Waals surface area contributed by atoms with Crippen LogP contribution < -0.4 is 5.56 Å². The second-order valence-electron chi connectivity index (χ2n) is 6.71. The predicted molar refractivity (Wildman–Crippen MR) is 108 cm³/mol. The Hall–Kier alpha value is -3.18. The molecule has 0 unspecified atom stereocenters. The summed E-state index contributed by atoms with van der Waals surface area (Å²) in [4.78, 5) is 21.3. The topological polar surface area (TPSA) is 84.5 Å². The molecule has 1 N–H and O–H groups in total. The molecule has 1 aliphatic rings. The van der Waals surface area contributed by atoms with E-state index in [0.29, 0.717) is 27.7 Å². The lowest BCUT2D eigenvalue weighted by Gasteiger charge is -2.08. The Labute approximate surface area is 163 Å². The fourth-order valence-electron chi connectivity index (χ4n) is 3.26. The number of nitrogens with one attached hydrogen (secondary N) is 1. The smallest absolute Gasteiger partial charge is 0.280 e. The van der Waals surface area contributed by atoms with E-state index >= 15 is 0 Å². The summed E-state index contributed by atoms with van der Waals surface area (Å²) < 4.78 is 18.5. The molecule has 8 heteroatoms. The summed E-state index contributed by atoms with van der Waals surface area (Å²) in [5.74, 6) is 0.425. The lowest BCUT2D eigenvalue weighted by Crippen LogP contribution is -2.17. The maximum Gasteiger partial charge on any atom is 0.280 e. The van der Waals surface area contributed by atoms with Crippen molar-refractivity contribution in [2.24, 2.45) is 4.36 Å². The molecule has 0 aliphatic heterocycles. The van der Waals surface area contributed by atoms with Gasteiger partial charge in [-0.25, -0.2) is 23.1 Å². The van der Waals surface area contributed by atoms with Crippen molar-refractivity contribution in [2.45, 2.75) is 29.9 Å². The number of benzene rings is 1. The molecule has 4 rings (SSSR count). The van der Waals surface area contributed by atoms with E-state index in [0.717, 1.165) is 18.4 Å². The van der Waals surface area contributed by atoms with Gasteiger partial charge in [-0.1, -0.05) is 24.3 Å². The predicted octanol–water partition coefficient (Wildman–Crippen LogP) is 3.71. The van der Waals surface area contributed by atoms with Gasteiger partial charge in [0.05, 0.1) is 26.8 Å². The van der Waals surface area contributed by atoms with E-state index in [1.54, 1.807) is 49.6 Å². The average Bonchev–Trinajstić information content (AvgIpc) is 3.54. The summed E-state index contributed by atoms with van der Waals surface area (Å²) in [7, 11) is -0.850. The molecule has 142 valence electrons. The van der Waals surface area contributed by atoms with Crippen molar-refractivity contribution in [1.82, 2.24) is 14.8 Å². The standard InChI is InChI=1S/C20H19N5O2S/c1-13-19(14-4-6-15(21-2)7-5-14)20(26)25(24-13)18-11-10-17(12-23-18)28(27,22-3)16-8-9-16/h4-7,10-12,16,24H,8-9H2,1,3H3/t28-/m0/s1. The molecule has 1 fully saturated rings. The highest BCUT2D eigenvalue weighted by molar-refractivity contribution is 7.94. The van der Waals surface area contributed by atoms with Gasteiger partial charge in [-0.05, 0) is 37.5 Å². The van der Waals surface area contributed by atoms with Crippen LogP contribution in [0.3, 0.4) is 0 Å². The fraction of sp³-hybridized carbons (Fsp3) is 0.250. The van der Waals surface area contributed by atoms with Gasteiger partial charge < -0.3 is 0 Å². The molecule has 1 aromatic carbocycles. The van der Waals surface area contributed by atoms with Crippen LogP contribution in [0.15, 0.2) is 56.6 Å². The van der Waals surface area contributed by atoms with Gasteiger partial charge in [-0.15, -0.1) is 0 Å². The zero-order chi connectivity index (χ0) is 19.9. The molecule has 1 atom stereocenters. The number of aryl methyl sites for hydroxylation is 1. The molecule has 0 saturated heterocycles. The first-order valence-electron chi connectivity index (χ1n) is 8.88. The van der Waals surface area contributed by atoms with Gasteiger partial charge in [0.25, 0.3) is 5.56 Å². The summed E-state index contributed by atoms with van der Waals surface area (Å²) in [5, 5.41) is 3.15. The number of aromatic amines is 1. The van der Waals surface area contributed by atoms with Crippen molar-refractivity contribution in [3.8, 4) is 16.9 Å². The van der Waals surface area contributed by atoms with Crippen LogP contribution in [0, 0.1) is 13.5 Å². The van der Waals surface area contributed by atoms with Gasteiger partial charge in [0.2, 0.25) is 0 Å². The van der Waals surface area contributed by atoms with Crippen molar-refractivity contribution in [3.05, 3.63) is 70.1 Å². The van der Waals surface area contributed by atoms with E-state index in [-0.39, 0.29) is 10.8 Å². The van der Waals surface area contributed by atoms with Crippen LogP contribution in [0.25, 0.3) is 21.8 Å². The van der Waals surface area contributed by atoms with Crippen LogP contribution in [0.1, 0.15) is 18.5 Å². The molecule has 0 spiro atoms. The van der Waals surface area contributed by atoms with Crippen molar-refractivity contribution < 1.29 is 4.21 Å². The van der Waals surface area contributed by atoms with Crippen LogP contribution in [0.4, 0.5) is 5.69 Å². The van der Waals surface area contributed by atoms with Gasteiger partial charge in [0.1, 0.15) is 0 Å². The molecule has 28 heavy (non-hydrogen) atoms. The van der Waals surface area contributed by atoms with E-state index in [4.69, 9.17) is 6.57 Å². The van der Waals surface area contributed by atoms with Crippen molar-refractivity contribution in [3.63, 3.8) is 0 Å². The van der Waals surface area contributed by atoms with Crippen LogP contribution in [-0.4, -0.2) is 31.3 Å². The highest BCUT2D eigenvalue weighted by Gasteiger charge is 2.34. The molecule has 0 radical (unpaired) electrons. The number of hydrogen-bond acceptors (Lipinski definition) is 4. The highest BCUT2D eigenvalue weighted by atomic mass is 32.2. The number of pyridine rings is 1. The Morgan fingerprint density at radius 3 is 2.50 bits per heavy atom. The second-order valence-corrected chi connectivity index (χ2v) is 9.35. The summed E-state index contributed by atoms with van der Waals surface area (Å²) in [6, 6.07) is 10.3. The van der Waals surface area contributed by atoms with Gasteiger partial charge in [-0.3, -0.25) is 9.89 Å². The molecule has 0 amide bonds. The largest absolute Gasteiger partial charge is 0.293 e. The average molecular weight is 393 g/mol. The fourth-order valence-corrected chi connectivity index (χ4v) is 5.40. The van der Waals surface area contributed by atoms with Gasteiger partial charge in [0.15, 0.2) is 11.5 Å². The maximum absolute atomic E-state index is 13.0. The third kappa shape index (κ3) is 2.94. The molecule has 7 nitrogen and oxygen atoms in total. The lowest BCUT2D eigenvalue weighted by atomic mass is 10.1. The summed E-state index contributed by atoms with van der Waals surface area (Å²) >= 11 is 0. The summed E-state index contributed by atoms with van der Waals surface area (Å²) in [5.41, 5.74) is 2.28. The zero-order valence-corrected chi connectivity index (χ0v) is 16.4. The Morgan fingerprint density at radius 1 is 1.25 bits per heavy atom. The minimum Gasteiger partial charge on any atom is -0.293 e. The van der Waals surface area contributed by atoms with Crippen LogP contribution in [-0.2, 0) is 9.73 Å². The number of H-pyrrole nitrogens is 1. The number of rotatable bonds is 4. The van der Waals surface area contributed by atoms with Gasteiger partial charge in [-0.2, -0.15) is 0 Å². The third-order valence-corrected chi connectivity index (χ3v) is 7.73. The molecular formula is C20H19N5O2S. The molecule has 0 bridgehead atoms. The molecule has 2 heterocycles. The van der Waals surface area contributed by atoms with E-state index in [1.807, 2.05) is 6.92 Å². The first-order chi connectivity index (χ1) is 13.5. The minimum absolute atomic E-state index is 0.102. The summed E-state index contributed by atoms with van der Waals surface area (Å²) in [6.45, 7) is 8.86. The van der Waals surface area contributed by atoms with Crippen molar-refractivity contribution in [2.75, 3.05) is 7.05 Å². The molecule has 1 aliphatic carbocycles. The molecule has 2 aromatic heterocycles. The minimum atomic E-state index is -2.43. The normalized spacial score (nSPS) is 15.6. The molecular weight excluding hydrogens is 374 g/mol. The van der Waals surface area contributed by atoms with E-state index in [9.17, 15) is 9.00 Å². The van der Waals surface area contributed by atoms with E-state index in [1.165, 1.54) is 4.68 Å². The first kappa shape index (κ1) is 18.2. The maximum atomic E-state index is 13.0. The molecule has 3 aromatic rings. The molecule has 1 saturated carbocycles. The monoisotopic (exact) mass is 393 g/mol. The highest BCUT2D eigenvalue weighted by Crippen LogP contribution is 2.35. The van der Waals surface area contributed by atoms with Crippen LogP contribution in [0.5, 0.6) is 0 Å².